The molecule has 2 atom stereocenters. The van der Waals surface area contributed by atoms with E-state index in [9.17, 15) is 9.59 Å². The highest BCUT2D eigenvalue weighted by atomic mass is 79.9. The zero-order valence-electron chi connectivity index (χ0n) is 17.1. The van der Waals surface area contributed by atoms with Crippen LogP contribution in [0, 0.1) is 18.8 Å². The van der Waals surface area contributed by atoms with E-state index in [4.69, 9.17) is 0 Å². The van der Waals surface area contributed by atoms with Crippen molar-refractivity contribution in [1.29, 1.82) is 0 Å². The molecule has 0 radical (unpaired) electrons. The standard InChI is InChI=1S/C26H18Br2N2O2/c1-13-19(27)10-14(11-20(13)28)12-29-30-25(31)23-21-15-6-2-3-7-16(15)22(24(23)26(30)32)18-9-5-4-8-17(18)21/h2-12,21-24H,1H3/b29-12-/t21?,22?,23-,24+. The maximum absolute atomic E-state index is 13.5. The average molecular weight is 550 g/mol. The van der Waals surface area contributed by atoms with Crippen LogP contribution in [0.25, 0.3) is 0 Å². The fourth-order valence-corrected chi connectivity index (χ4v) is 6.86. The molecule has 32 heavy (non-hydrogen) atoms. The maximum atomic E-state index is 13.5. The van der Waals surface area contributed by atoms with Gasteiger partial charge in [-0.3, -0.25) is 9.59 Å². The smallest absolute Gasteiger partial charge is 0.254 e. The molecule has 3 aromatic rings. The molecule has 0 unspecified atom stereocenters. The fraction of sp³-hybridized carbons (Fsp3) is 0.192. The van der Waals surface area contributed by atoms with Crippen molar-refractivity contribution < 1.29 is 9.59 Å². The second-order valence-corrected chi connectivity index (χ2v) is 10.3. The minimum absolute atomic E-state index is 0.114. The second kappa shape index (κ2) is 7.22. The zero-order chi connectivity index (χ0) is 22.1. The molecular formula is C26H18Br2N2O2. The van der Waals surface area contributed by atoms with Gasteiger partial charge in [-0.05, 0) is 52.4 Å². The lowest BCUT2D eigenvalue weighted by Gasteiger charge is -2.45. The molecule has 3 aliphatic carbocycles. The molecule has 6 heteroatoms. The Morgan fingerprint density at radius 2 is 1.19 bits per heavy atom. The van der Waals surface area contributed by atoms with Crippen LogP contribution < -0.4 is 0 Å². The Labute approximate surface area is 202 Å². The molecule has 158 valence electrons. The number of carbonyl (C=O) groups excluding carboxylic acids is 2. The summed E-state index contributed by atoms with van der Waals surface area (Å²) in [5.41, 5.74) is 6.53. The minimum atomic E-state index is -0.411. The summed E-state index contributed by atoms with van der Waals surface area (Å²) in [5, 5.41) is 5.49. The molecule has 0 saturated carbocycles. The van der Waals surface area contributed by atoms with Crippen molar-refractivity contribution in [2.45, 2.75) is 18.8 Å². The first kappa shape index (κ1) is 20.1. The lowest BCUT2D eigenvalue weighted by atomic mass is 9.55. The molecule has 3 aromatic carbocycles. The predicted molar refractivity (Wildman–Crippen MR) is 130 cm³/mol. The number of nitrogens with zero attached hydrogens (tertiary/aromatic N) is 2. The first-order chi connectivity index (χ1) is 15.5. The summed E-state index contributed by atoms with van der Waals surface area (Å²) in [6, 6.07) is 20.3. The number of halogens is 2. The molecule has 1 fully saturated rings. The third-order valence-electron chi connectivity index (χ3n) is 7.05. The first-order valence-corrected chi connectivity index (χ1v) is 12.1. The highest BCUT2D eigenvalue weighted by Gasteiger charge is 2.61. The third kappa shape index (κ3) is 2.69. The van der Waals surface area contributed by atoms with Gasteiger partial charge in [0.2, 0.25) is 0 Å². The van der Waals surface area contributed by atoms with Crippen molar-refractivity contribution in [2.24, 2.45) is 16.9 Å². The van der Waals surface area contributed by atoms with E-state index in [0.29, 0.717) is 0 Å². The Morgan fingerprint density at radius 3 is 1.59 bits per heavy atom. The van der Waals surface area contributed by atoms with Crippen molar-refractivity contribution in [3.05, 3.63) is 103 Å². The number of imide groups is 1. The molecule has 2 bridgehead atoms. The molecule has 2 amide bonds. The van der Waals surface area contributed by atoms with Gasteiger partial charge in [0.1, 0.15) is 0 Å². The van der Waals surface area contributed by atoms with Crippen molar-refractivity contribution in [1.82, 2.24) is 5.01 Å². The van der Waals surface area contributed by atoms with Crippen molar-refractivity contribution in [3.8, 4) is 0 Å². The largest absolute Gasteiger partial charge is 0.272 e. The molecule has 0 aromatic heterocycles. The van der Waals surface area contributed by atoms with Crippen molar-refractivity contribution in [2.75, 3.05) is 0 Å². The summed E-state index contributed by atoms with van der Waals surface area (Å²) in [5.74, 6) is -1.47. The van der Waals surface area contributed by atoms with Crippen LogP contribution in [0.2, 0.25) is 0 Å². The number of hydrazone groups is 1. The molecule has 4 nitrogen and oxygen atoms in total. The molecule has 7 rings (SSSR count). The van der Waals surface area contributed by atoms with Crippen LogP contribution in [-0.4, -0.2) is 23.0 Å². The van der Waals surface area contributed by atoms with Crippen LogP contribution in [0.4, 0.5) is 0 Å². The van der Waals surface area contributed by atoms with E-state index in [0.717, 1.165) is 47.3 Å². The van der Waals surface area contributed by atoms with Gasteiger partial charge in [0.25, 0.3) is 11.8 Å². The van der Waals surface area contributed by atoms with E-state index >= 15 is 0 Å². The Bertz CT molecular complexity index is 1210. The average Bonchev–Trinajstić information content (AvgIpc) is 3.06. The summed E-state index contributed by atoms with van der Waals surface area (Å²) in [4.78, 5) is 27.1. The summed E-state index contributed by atoms with van der Waals surface area (Å²) < 4.78 is 1.87. The number of hydrogen-bond donors (Lipinski definition) is 0. The van der Waals surface area contributed by atoms with Crippen LogP contribution in [0.3, 0.4) is 0 Å². The molecule has 1 heterocycles. The van der Waals surface area contributed by atoms with Gasteiger partial charge in [-0.1, -0.05) is 80.4 Å². The normalized spacial score (nSPS) is 25.3. The van der Waals surface area contributed by atoms with E-state index in [1.54, 1.807) is 6.21 Å². The number of carbonyl (C=O) groups is 2. The van der Waals surface area contributed by atoms with Gasteiger partial charge in [-0.2, -0.15) is 10.1 Å². The summed E-state index contributed by atoms with van der Waals surface area (Å²) in [7, 11) is 0. The number of rotatable bonds is 2. The van der Waals surface area contributed by atoms with Crippen LogP contribution in [-0.2, 0) is 9.59 Å². The van der Waals surface area contributed by atoms with Crippen molar-refractivity contribution in [3.63, 3.8) is 0 Å². The highest BCUT2D eigenvalue weighted by Crippen LogP contribution is 2.60. The van der Waals surface area contributed by atoms with Gasteiger partial charge in [0.15, 0.2) is 0 Å². The summed E-state index contributed by atoms with van der Waals surface area (Å²) in [6.07, 6.45) is 1.59. The van der Waals surface area contributed by atoms with Gasteiger partial charge in [0.05, 0.1) is 18.1 Å². The highest BCUT2D eigenvalue weighted by molar-refractivity contribution is 9.11. The second-order valence-electron chi connectivity index (χ2n) is 8.61. The Kier molecular flexibility index (Phi) is 4.53. The van der Waals surface area contributed by atoms with E-state index in [-0.39, 0.29) is 23.7 Å². The van der Waals surface area contributed by atoms with Gasteiger partial charge in [0, 0.05) is 20.8 Å². The van der Waals surface area contributed by atoms with Crippen LogP contribution in [0.5, 0.6) is 0 Å². The maximum Gasteiger partial charge on any atom is 0.254 e. The van der Waals surface area contributed by atoms with Gasteiger partial charge in [-0.15, -0.1) is 0 Å². The van der Waals surface area contributed by atoms with Crippen LogP contribution >= 0.6 is 31.9 Å². The van der Waals surface area contributed by atoms with Gasteiger partial charge < -0.3 is 0 Å². The van der Waals surface area contributed by atoms with E-state index in [1.807, 2.05) is 43.3 Å². The Hall–Kier alpha value is -2.57. The fourth-order valence-electron chi connectivity index (χ4n) is 5.64. The Balaban J connectivity index is 1.43. The number of benzene rings is 3. The lowest BCUT2D eigenvalue weighted by molar-refractivity contribution is -0.139. The van der Waals surface area contributed by atoms with E-state index < -0.39 is 11.8 Å². The minimum Gasteiger partial charge on any atom is -0.272 e. The lowest BCUT2D eigenvalue weighted by Crippen LogP contribution is -2.41. The van der Waals surface area contributed by atoms with Crippen LogP contribution in [0.15, 0.2) is 74.7 Å². The SMILES string of the molecule is Cc1c(Br)cc(/C=N\N2C(=O)[C@@H]3C4c5ccccc5C(c5ccccc54)[C@@H]3C2=O)cc1Br. The van der Waals surface area contributed by atoms with Gasteiger partial charge >= 0.3 is 0 Å². The van der Waals surface area contributed by atoms with Crippen LogP contribution in [0.1, 0.15) is 45.2 Å². The quantitative estimate of drug-likeness (QED) is 0.302. The molecule has 1 saturated heterocycles. The molecule has 1 aliphatic heterocycles. The molecule has 0 spiro atoms. The predicted octanol–water partition coefficient (Wildman–Crippen LogP) is 5.75. The zero-order valence-corrected chi connectivity index (χ0v) is 20.3. The summed E-state index contributed by atoms with van der Waals surface area (Å²) in [6.45, 7) is 2.00. The number of amides is 2. The van der Waals surface area contributed by atoms with Crippen molar-refractivity contribution >= 4 is 49.9 Å². The van der Waals surface area contributed by atoms with Gasteiger partial charge in [-0.25, -0.2) is 0 Å². The molecule has 0 N–H and O–H groups in total. The topological polar surface area (TPSA) is 49.7 Å². The first-order valence-electron chi connectivity index (χ1n) is 10.5. The molecule has 4 aliphatic rings. The Morgan fingerprint density at radius 1 is 0.781 bits per heavy atom. The molecular weight excluding hydrogens is 532 g/mol. The van der Waals surface area contributed by atoms with E-state index in [1.165, 1.54) is 0 Å². The van der Waals surface area contributed by atoms with E-state index in [2.05, 4.69) is 61.2 Å². The third-order valence-corrected chi connectivity index (χ3v) is 8.70. The number of hydrogen-bond acceptors (Lipinski definition) is 3. The summed E-state index contributed by atoms with van der Waals surface area (Å²) >= 11 is 7.08. The monoisotopic (exact) mass is 548 g/mol.